The molecule has 0 aromatic heterocycles. The van der Waals surface area contributed by atoms with Gasteiger partial charge in [0.2, 0.25) is 10.0 Å². The lowest BCUT2D eigenvalue weighted by Crippen LogP contribution is -2.48. The van der Waals surface area contributed by atoms with Crippen LogP contribution in [0.1, 0.15) is 15.9 Å². The molecule has 1 fully saturated rings. The predicted octanol–water partition coefficient (Wildman–Crippen LogP) is 4.75. The number of nitrogens with zero attached hydrogens (tertiary/aromatic N) is 2. The number of nitrogens with one attached hydrogen (secondary N) is 1. The highest BCUT2D eigenvalue weighted by Gasteiger charge is 2.29. The highest BCUT2D eigenvalue weighted by molar-refractivity contribution is 7.89. The number of anilines is 1. The molecule has 3 aromatic rings. The number of carbonyl (C=O) groups is 1. The number of piperazine rings is 1. The minimum atomic E-state index is -3.86. The maximum absolute atomic E-state index is 14.7. The van der Waals surface area contributed by atoms with Crippen LogP contribution in [0.15, 0.2) is 83.8 Å². The Morgan fingerprint density at radius 3 is 2.40 bits per heavy atom. The van der Waals surface area contributed by atoms with Gasteiger partial charge < -0.3 is 5.32 Å². The molecule has 1 aliphatic heterocycles. The van der Waals surface area contributed by atoms with E-state index in [9.17, 15) is 17.6 Å². The summed E-state index contributed by atoms with van der Waals surface area (Å²) in [7, 11) is -3.86. The fraction of sp³-hybridized carbons (Fsp3) is 0.192. The van der Waals surface area contributed by atoms with Crippen LogP contribution in [-0.2, 0) is 10.0 Å². The normalized spacial score (nSPS) is 15.4. The average Bonchev–Trinajstić information content (AvgIpc) is 2.86. The smallest absolute Gasteiger partial charge is 0.255 e. The Morgan fingerprint density at radius 1 is 0.971 bits per heavy atom. The van der Waals surface area contributed by atoms with E-state index in [1.54, 1.807) is 18.2 Å². The topological polar surface area (TPSA) is 69.7 Å². The summed E-state index contributed by atoms with van der Waals surface area (Å²) in [5, 5.41) is 2.84. The Morgan fingerprint density at radius 2 is 1.71 bits per heavy atom. The summed E-state index contributed by atoms with van der Waals surface area (Å²) in [6.07, 6.45) is 4.10. The second-order valence-corrected chi connectivity index (χ2v) is 10.5. The van der Waals surface area contributed by atoms with Crippen molar-refractivity contribution >= 4 is 39.3 Å². The van der Waals surface area contributed by atoms with Crippen LogP contribution in [-0.4, -0.2) is 56.3 Å². The van der Waals surface area contributed by atoms with Gasteiger partial charge in [0.05, 0.1) is 10.6 Å². The molecule has 0 bridgehead atoms. The lowest BCUT2D eigenvalue weighted by Gasteiger charge is -2.33. The van der Waals surface area contributed by atoms with Crippen LogP contribution in [0.3, 0.4) is 0 Å². The first-order valence-electron chi connectivity index (χ1n) is 11.1. The number of benzene rings is 3. The van der Waals surface area contributed by atoms with Crippen LogP contribution >= 0.6 is 11.6 Å². The van der Waals surface area contributed by atoms with Crippen molar-refractivity contribution in [3.63, 3.8) is 0 Å². The number of hydrogen-bond donors (Lipinski definition) is 1. The van der Waals surface area contributed by atoms with Gasteiger partial charge in [0, 0.05) is 43.3 Å². The largest absolute Gasteiger partial charge is 0.319 e. The second-order valence-electron chi connectivity index (χ2n) is 8.12. The van der Waals surface area contributed by atoms with Crippen LogP contribution < -0.4 is 5.32 Å². The maximum Gasteiger partial charge on any atom is 0.255 e. The van der Waals surface area contributed by atoms with E-state index in [1.807, 2.05) is 36.4 Å². The molecule has 0 atom stereocenters. The Balaban J connectivity index is 1.36. The Kier molecular flexibility index (Phi) is 7.97. The van der Waals surface area contributed by atoms with Crippen molar-refractivity contribution < 1.29 is 17.6 Å². The summed E-state index contributed by atoms with van der Waals surface area (Å²) in [6.45, 7) is 2.51. The Labute approximate surface area is 209 Å². The van der Waals surface area contributed by atoms with Gasteiger partial charge in [-0.15, -0.1) is 0 Å². The molecule has 0 spiro atoms. The molecule has 4 rings (SSSR count). The zero-order valence-electron chi connectivity index (χ0n) is 18.9. The fourth-order valence-corrected chi connectivity index (χ4v) is 5.41. The van der Waals surface area contributed by atoms with Gasteiger partial charge in [-0.2, -0.15) is 4.31 Å². The third-order valence-corrected chi connectivity index (χ3v) is 7.85. The maximum atomic E-state index is 14.7. The molecule has 6 nitrogen and oxygen atoms in total. The first-order chi connectivity index (χ1) is 16.8. The number of amides is 1. The molecule has 0 unspecified atom stereocenters. The van der Waals surface area contributed by atoms with Crippen LogP contribution in [0.25, 0.3) is 6.08 Å². The third-order valence-electron chi connectivity index (χ3n) is 5.72. The number of sulfonamides is 1. The molecule has 0 saturated carbocycles. The summed E-state index contributed by atoms with van der Waals surface area (Å²) >= 11 is 5.90. The lowest BCUT2D eigenvalue weighted by atomic mass is 10.2. The van der Waals surface area contributed by atoms with Crippen molar-refractivity contribution in [3.05, 3.63) is 101 Å². The Hall–Kier alpha value is -3.04. The van der Waals surface area contributed by atoms with Crippen LogP contribution in [0.4, 0.5) is 10.1 Å². The molecule has 3 aromatic carbocycles. The van der Waals surface area contributed by atoms with Gasteiger partial charge in [-0.05, 0) is 42.0 Å². The summed E-state index contributed by atoms with van der Waals surface area (Å²) < 4.78 is 42.2. The Bertz CT molecular complexity index is 1320. The summed E-state index contributed by atoms with van der Waals surface area (Å²) in [6, 6.07) is 19.7. The van der Waals surface area contributed by atoms with Crippen LogP contribution in [0, 0.1) is 5.82 Å². The molecule has 0 aliphatic carbocycles. The van der Waals surface area contributed by atoms with Crippen molar-refractivity contribution in [2.75, 3.05) is 38.0 Å². The van der Waals surface area contributed by atoms with E-state index in [1.165, 1.54) is 22.5 Å². The lowest BCUT2D eigenvalue weighted by molar-refractivity contribution is 0.102. The zero-order valence-corrected chi connectivity index (χ0v) is 20.5. The van der Waals surface area contributed by atoms with Gasteiger partial charge in [-0.25, -0.2) is 12.8 Å². The molecule has 0 radical (unpaired) electrons. The van der Waals surface area contributed by atoms with Gasteiger partial charge in [0.25, 0.3) is 5.91 Å². The van der Waals surface area contributed by atoms with E-state index < -0.39 is 21.7 Å². The number of hydrogen-bond acceptors (Lipinski definition) is 4. The summed E-state index contributed by atoms with van der Waals surface area (Å²) in [4.78, 5) is 14.4. The average molecular weight is 514 g/mol. The molecule has 1 aliphatic rings. The van der Waals surface area contributed by atoms with Gasteiger partial charge >= 0.3 is 0 Å². The van der Waals surface area contributed by atoms with E-state index in [-0.39, 0.29) is 16.1 Å². The molecule has 35 heavy (non-hydrogen) atoms. The molecule has 9 heteroatoms. The van der Waals surface area contributed by atoms with Crippen molar-refractivity contribution in [1.29, 1.82) is 0 Å². The van der Waals surface area contributed by atoms with E-state index in [0.717, 1.165) is 18.2 Å². The van der Waals surface area contributed by atoms with Gasteiger partial charge in [-0.3, -0.25) is 9.69 Å². The molecule has 182 valence electrons. The highest BCUT2D eigenvalue weighted by Crippen LogP contribution is 2.24. The van der Waals surface area contributed by atoms with Crippen molar-refractivity contribution in [1.82, 2.24) is 9.21 Å². The molecular formula is C26H25ClFN3O3S. The van der Waals surface area contributed by atoms with Crippen molar-refractivity contribution in [2.45, 2.75) is 4.90 Å². The number of carbonyl (C=O) groups excluding carboxylic acids is 1. The third kappa shape index (κ3) is 6.35. The van der Waals surface area contributed by atoms with E-state index in [2.05, 4.69) is 16.3 Å². The van der Waals surface area contributed by atoms with E-state index in [0.29, 0.717) is 31.2 Å². The second kappa shape index (κ2) is 11.1. The summed E-state index contributed by atoms with van der Waals surface area (Å²) in [5.74, 6) is -1.37. The zero-order chi connectivity index (χ0) is 24.8. The van der Waals surface area contributed by atoms with E-state index >= 15 is 0 Å². The minimum Gasteiger partial charge on any atom is -0.319 e. The van der Waals surface area contributed by atoms with Gasteiger partial charge in [-0.1, -0.05) is 60.2 Å². The molecular weight excluding hydrogens is 489 g/mol. The van der Waals surface area contributed by atoms with Crippen LogP contribution in [0.2, 0.25) is 5.02 Å². The predicted molar refractivity (Wildman–Crippen MR) is 136 cm³/mol. The van der Waals surface area contributed by atoms with Crippen molar-refractivity contribution in [2.24, 2.45) is 0 Å². The molecule has 1 N–H and O–H groups in total. The van der Waals surface area contributed by atoms with Gasteiger partial charge in [0.1, 0.15) is 5.82 Å². The fourth-order valence-electron chi connectivity index (χ4n) is 3.79. The monoisotopic (exact) mass is 513 g/mol. The molecule has 1 amide bonds. The standard InChI is InChI=1S/C26H25ClFN3O3S/c27-22-10-4-9-21(18-22)26(32)29-25-12-11-23(19-24(25)28)35(33,34)31-16-14-30(15-17-31)13-5-8-20-6-2-1-3-7-20/h1-12,18-19H,13-17H2,(H,29,32)/b8-5+. The molecule has 1 saturated heterocycles. The minimum absolute atomic E-state index is 0.107. The van der Waals surface area contributed by atoms with E-state index in [4.69, 9.17) is 11.6 Å². The number of rotatable bonds is 7. The SMILES string of the molecule is O=C(Nc1ccc(S(=O)(=O)N2CCN(C/C=C/c3ccccc3)CC2)cc1F)c1cccc(Cl)c1. The quantitative estimate of drug-likeness (QED) is 0.495. The number of halogens is 2. The van der Waals surface area contributed by atoms with Crippen molar-refractivity contribution in [3.8, 4) is 0 Å². The first-order valence-corrected chi connectivity index (χ1v) is 13.0. The van der Waals surface area contributed by atoms with Crippen LogP contribution in [0.5, 0.6) is 0 Å². The summed E-state index contributed by atoms with van der Waals surface area (Å²) in [5.41, 5.74) is 1.27. The first kappa shape index (κ1) is 25.1. The highest BCUT2D eigenvalue weighted by atomic mass is 35.5. The van der Waals surface area contributed by atoms with Gasteiger partial charge in [0.15, 0.2) is 0 Å². The molecule has 1 heterocycles.